The molecule has 3 rings (SSSR count). The summed E-state index contributed by atoms with van der Waals surface area (Å²) < 4.78 is 37.2. The van der Waals surface area contributed by atoms with E-state index >= 15 is 0 Å². The number of nitrogens with one attached hydrogen (secondary N) is 1. The molecule has 2 unspecified atom stereocenters. The zero-order valence-corrected chi connectivity index (χ0v) is 11.7. The van der Waals surface area contributed by atoms with Gasteiger partial charge in [0.15, 0.2) is 23.8 Å². The van der Waals surface area contributed by atoms with Gasteiger partial charge in [-0.05, 0) is 6.42 Å². The van der Waals surface area contributed by atoms with Crippen LogP contribution in [-0.4, -0.2) is 51.7 Å². The van der Waals surface area contributed by atoms with Crippen molar-refractivity contribution in [3.8, 4) is 0 Å². The Hall–Kier alpha value is -1.85. The van der Waals surface area contributed by atoms with E-state index in [-0.39, 0.29) is 12.0 Å². The number of nitrogens with zero attached hydrogens (tertiary/aromatic N) is 5. The average Bonchev–Trinajstić information content (AvgIpc) is 3.05. The van der Waals surface area contributed by atoms with Crippen LogP contribution in [0, 0.1) is 0 Å². The first-order chi connectivity index (χ1) is 10.1. The van der Waals surface area contributed by atoms with Crippen molar-refractivity contribution < 1.29 is 13.2 Å². The second kappa shape index (κ2) is 5.50. The normalized spacial score (nSPS) is 21.0. The van der Waals surface area contributed by atoms with E-state index in [0.717, 1.165) is 0 Å². The molecule has 0 amide bonds. The topological polar surface area (TPSA) is 125 Å². The van der Waals surface area contributed by atoms with Crippen LogP contribution < -0.4 is 11.1 Å². The highest BCUT2D eigenvalue weighted by atomic mass is 32.2. The minimum atomic E-state index is -2.23. The summed E-state index contributed by atoms with van der Waals surface area (Å²) in [6, 6.07) is -0.101. The van der Waals surface area contributed by atoms with E-state index in [0.29, 0.717) is 36.5 Å². The number of nitrogen functional groups attached to an aromatic ring is 1. The first-order valence-corrected chi connectivity index (χ1v) is 7.27. The van der Waals surface area contributed by atoms with Gasteiger partial charge in [0.1, 0.15) is 0 Å². The number of fused-ring (bicyclic) bond motifs is 1. The molecule has 0 aromatic carbocycles. The summed E-state index contributed by atoms with van der Waals surface area (Å²) in [5.74, 6) is 0.385. The van der Waals surface area contributed by atoms with Crippen molar-refractivity contribution in [1.29, 1.82) is 0 Å². The Morgan fingerprint density at radius 2 is 2.38 bits per heavy atom. The summed E-state index contributed by atoms with van der Waals surface area (Å²) >= 11 is -2.23. The van der Waals surface area contributed by atoms with Gasteiger partial charge in [-0.2, -0.15) is 9.97 Å². The van der Waals surface area contributed by atoms with Gasteiger partial charge in [0.25, 0.3) is 0 Å². The smallest absolute Gasteiger partial charge is 0.224 e. The fourth-order valence-electron chi connectivity index (χ4n) is 2.32. The molecule has 21 heavy (non-hydrogen) atoms. The van der Waals surface area contributed by atoms with E-state index in [1.807, 2.05) is 0 Å². The van der Waals surface area contributed by atoms with Crippen molar-refractivity contribution in [2.24, 2.45) is 0 Å². The Morgan fingerprint density at radius 1 is 1.57 bits per heavy atom. The molecule has 1 aliphatic heterocycles. The highest BCUT2D eigenvalue weighted by Crippen LogP contribution is 2.23. The number of imidazole rings is 1. The van der Waals surface area contributed by atoms with Crippen LogP contribution in [0.15, 0.2) is 6.33 Å². The summed E-state index contributed by atoms with van der Waals surface area (Å²) in [6.07, 6.45) is 1.96. The molecule has 3 N–H and O–H groups in total. The van der Waals surface area contributed by atoms with Gasteiger partial charge in [-0.1, -0.05) is 0 Å². The Bertz CT molecular complexity index is 693. The predicted molar refractivity (Wildman–Crippen MR) is 73.4 cm³/mol. The molecule has 2 atom stereocenters. The molecule has 0 saturated carbocycles. The van der Waals surface area contributed by atoms with Crippen LogP contribution in [0.25, 0.3) is 11.2 Å². The Balaban J connectivity index is 1.87. The van der Waals surface area contributed by atoms with Gasteiger partial charge in [0.05, 0.1) is 6.33 Å². The second-order valence-corrected chi connectivity index (χ2v) is 5.62. The van der Waals surface area contributed by atoms with Crippen LogP contribution in [0.2, 0.25) is 0 Å². The fourth-order valence-corrected chi connectivity index (χ4v) is 2.88. The van der Waals surface area contributed by atoms with Crippen LogP contribution in [0.5, 0.6) is 0 Å². The lowest BCUT2D eigenvalue weighted by Crippen LogP contribution is -2.28. The molecule has 0 aliphatic carbocycles. The molecule has 1 saturated heterocycles. The minimum Gasteiger partial charge on any atom is -0.760 e. The van der Waals surface area contributed by atoms with Gasteiger partial charge in [0.2, 0.25) is 5.95 Å². The molecule has 2 aromatic rings. The average molecular weight is 314 g/mol. The number of nitrogens with two attached hydrogens (primary N) is 1. The zero-order valence-electron chi connectivity index (χ0n) is 10.9. The second-order valence-electron chi connectivity index (χ2n) is 4.67. The van der Waals surface area contributed by atoms with Gasteiger partial charge >= 0.3 is 0 Å². The number of anilines is 2. The van der Waals surface area contributed by atoms with Gasteiger partial charge in [-0.25, -0.2) is 13.7 Å². The minimum absolute atomic E-state index is 0.00227. The Kier molecular flexibility index (Phi) is 3.69. The van der Waals surface area contributed by atoms with E-state index in [1.54, 1.807) is 0 Å². The summed E-state index contributed by atoms with van der Waals surface area (Å²) in [5.41, 5.74) is 6.33. The maximum atomic E-state index is 12.8. The number of halogens is 1. The number of aromatic nitrogens is 4. The summed E-state index contributed by atoms with van der Waals surface area (Å²) in [7, 11) is 0. The number of hydrogen-bond acceptors (Lipinski definition) is 7. The first kappa shape index (κ1) is 14.1. The SMILES string of the molecule is Nc1nc(NC2CCN(S(=O)[O-])C2)c2ncn(CF)c2n1. The van der Waals surface area contributed by atoms with Gasteiger partial charge in [0, 0.05) is 30.4 Å². The maximum Gasteiger partial charge on any atom is 0.224 e. The van der Waals surface area contributed by atoms with Crippen LogP contribution >= 0.6 is 0 Å². The van der Waals surface area contributed by atoms with Crippen LogP contribution in [0.3, 0.4) is 0 Å². The van der Waals surface area contributed by atoms with Crippen LogP contribution in [0.1, 0.15) is 6.42 Å². The molecule has 2 aromatic heterocycles. The molecular formula is C10H13FN7O2S-. The van der Waals surface area contributed by atoms with E-state index in [1.165, 1.54) is 15.2 Å². The lowest BCUT2D eigenvalue weighted by atomic mass is 10.2. The summed E-state index contributed by atoms with van der Waals surface area (Å²) in [4.78, 5) is 12.1. The van der Waals surface area contributed by atoms with Crippen molar-refractivity contribution in [1.82, 2.24) is 23.8 Å². The van der Waals surface area contributed by atoms with Crippen LogP contribution in [0.4, 0.5) is 16.2 Å². The quantitative estimate of drug-likeness (QED) is 0.736. The summed E-state index contributed by atoms with van der Waals surface area (Å²) in [5, 5.41) is 3.10. The van der Waals surface area contributed by atoms with E-state index in [9.17, 15) is 13.2 Å². The fraction of sp³-hybridized carbons (Fsp3) is 0.500. The largest absolute Gasteiger partial charge is 0.760 e. The lowest BCUT2D eigenvalue weighted by molar-refractivity contribution is 0.383. The molecule has 0 bridgehead atoms. The highest BCUT2D eigenvalue weighted by molar-refractivity contribution is 7.76. The summed E-state index contributed by atoms with van der Waals surface area (Å²) in [6.45, 7) is 0.0144. The van der Waals surface area contributed by atoms with Gasteiger partial charge < -0.3 is 15.6 Å². The molecule has 9 nitrogen and oxygen atoms in total. The molecular weight excluding hydrogens is 301 g/mol. The number of rotatable bonds is 4. The number of hydrogen-bond donors (Lipinski definition) is 2. The van der Waals surface area contributed by atoms with E-state index < -0.39 is 18.1 Å². The van der Waals surface area contributed by atoms with Crippen molar-refractivity contribution >= 4 is 34.2 Å². The van der Waals surface area contributed by atoms with Gasteiger partial charge in [-0.3, -0.25) is 8.78 Å². The predicted octanol–water partition coefficient (Wildman–Crippen LogP) is -0.384. The van der Waals surface area contributed by atoms with Crippen molar-refractivity contribution in [3.05, 3.63) is 6.33 Å². The molecule has 0 spiro atoms. The Morgan fingerprint density at radius 3 is 3.05 bits per heavy atom. The monoisotopic (exact) mass is 314 g/mol. The first-order valence-electron chi connectivity index (χ1n) is 6.23. The lowest BCUT2D eigenvalue weighted by Gasteiger charge is -2.18. The third-order valence-electron chi connectivity index (χ3n) is 3.31. The maximum absolute atomic E-state index is 12.8. The van der Waals surface area contributed by atoms with Gasteiger partial charge in [-0.15, -0.1) is 0 Å². The van der Waals surface area contributed by atoms with Crippen molar-refractivity contribution in [3.63, 3.8) is 0 Å². The van der Waals surface area contributed by atoms with Crippen LogP contribution in [-0.2, 0) is 18.1 Å². The Labute approximate surface area is 121 Å². The molecule has 1 fully saturated rings. The molecule has 0 radical (unpaired) electrons. The van der Waals surface area contributed by atoms with E-state index in [4.69, 9.17) is 5.73 Å². The molecule has 1 aliphatic rings. The van der Waals surface area contributed by atoms with Crippen molar-refractivity contribution in [2.75, 3.05) is 24.1 Å². The number of alkyl halides is 1. The highest BCUT2D eigenvalue weighted by Gasteiger charge is 2.24. The van der Waals surface area contributed by atoms with Crippen molar-refractivity contribution in [2.45, 2.75) is 19.3 Å². The van der Waals surface area contributed by atoms with E-state index in [2.05, 4.69) is 20.3 Å². The molecule has 3 heterocycles. The molecule has 114 valence electrons. The third-order valence-corrected chi connectivity index (χ3v) is 4.07. The third kappa shape index (κ3) is 2.66. The standard InChI is InChI=1S/C10H14FN7O2S/c11-4-17-5-13-7-8(15-10(12)16-9(7)17)14-6-1-2-18(3-6)21(19)20/h5-6H,1-4H2,(H,19,20)(H3,12,14,15,16)/p-1. The molecule has 11 heteroatoms. The zero-order chi connectivity index (χ0) is 15.0.